The summed E-state index contributed by atoms with van der Waals surface area (Å²) in [4.78, 5) is 18.6. The molecule has 1 amide bonds. The molecule has 0 saturated carbocycles. The molecule has 0 aromatic carbocycles. The first-order valence-corrected chi connectivity index (χ1v) is 13.8. The van der Waals surface area contributed by atoms with Crippen molar-refractivity contribution >= 4 is 49.1 Å². The quantitative estimate of drug-likeness (QED) is 0.229. The van der Waals surface area contributed by atoms with Crippen molar-refractivity contribution < 1.29 is 4.79 Å². The van der Waals surface area contributed by atoms with Crippen LogP contribution in [-0.4, -0.2) is 53.2 Å². The first-order chi connectivity index (χ1) is 13.3. The van der Waals surface area contributed by atoms with Gasteiger partial charge in [0.2, 0.25) is 5.91 Å². The summed E-state index contributed by atoms with van der Waals surface area (Å²) in [6, 6.07) is 5.92. The lowest BCUT2D eigenvalue weighted by Gasteiger charge is -2.22. The van der Waals surface area contributed by atoms with Gasteiger partial charge in [0.05, 0.1) is 0 Å². The molecule has 4 nitrogen and oxygen atoms in total. The van der Waals surface area contributed by atoms with Crippen molar-refractivity contribution in [2.24, 2.45) is 0 Å². The van der Waals surface area contributed by atoms with Gasteiger partial charge in [0.15, 0.2) is 0 Å². The van der Waals surface area contributed by atoms with Crippen LogP contribution < -0.4 is 5.32 Å². The van der Waals surface area contributed by atoms with Gasteiger partial charge in [-0.05, 0) is 41.6 Å². The number of nitrogens with one attached hydrogen (secondary N) is 1. The molecule has 1 N–H and O–H groups in total. The van der Waals surface area contributed by atoms with E-state index < -0.39 is 0 Å². The normalized spacial score (nSPS) is 11.3. The van der Waals surface area contributed by atoms with Crippen molar-refractivity contribution in [3.05, 3.63) is 48.8 Å². The van der Waals surface area contributed by atoms with Crippen molar-refractivity contribution in [3.63, 3.8) is 0 Å². The monoisotopic (exact) mass is 443 g/mol. The molecule has 0 unspecified atom stereocenters. The van der Waals surface area contributed by atoms with Crippen LogP contribution in [0, 0.1) is 0 Å². The molecule has 0 radical (unpaired) electrons. The number of carbonyl (C=O) groups is 1. The number of allylic oxidation sites excluding steroid dienone is 2. The van der Waals surface area contributed by atoms with Gasteiger partial charge in [0, 0.05) is 50.0 Å². The maximum atomic E-state index is 12.3. The van der Waals surface area contributed by atoms with Crippen LogP contribution in [0.2, 0.25) is 0 Å². The van der Waals surface area contributed by atoms with Crippen LogP contribution in [0.1, 0.15) is 19.8 Å². The highest BCUT2D eigenvalue weighted by atomic mass is 33.1. The van der Waals surface area contributed by atoms with E-state index in [-0.39, 0.29) is 5.91 Å². The number of carbonyl (C=O) groups excluding carboxylic acids is 1. The Morgan fingerprint density at radius 3 is 2.70 bits per heavy atom. The van der Waals surface area contributed by atoms with E-state index in [9.17, 15) is 4.79 Å². The largest absolute Gasteiger partial charge is 0.394 e. The van der Waals surface area contributed by atoms with Gasteiger partial charge in [-0.3, -0.25) is 4.79 Å². The van der Waals surface area contributed by atoms with Crippen LogP contribution in [0.4, 0.5) is 0 Å². The molecule has 150 valence electrons. The van der Waals surface area contributed by atoms with E-state index in [1.54, 1.807) is 27.8 Å². The Hall–Kier alpha value is -0.700. The Bertz CT molecular complexity index is 555. The average molecular weight is 444 g/mol. The van der Waals surface area contributed by atoms with E-state index in [1.807, 2.05) is 70.1 Å². The standard InChI is InChI=1S/C19H29N3OS4/c1-3-9-19(23)22(13-16-25-24-15-8-4-6-11-20-2)14-17-26-27-18-10-5-7-12-21-18/h4-8,10-12,20H,3,9,13-17H2,1-2H3/b8-4-,11-6-. The van der Waals surface area contributed by atoms with Crippen molar-refractivity contribution in [2.75, 3.05) is 37.4 Å². The minimum Gasteiger partial charge on any atom is -0.394 e. The number of hydrogen-bond donors (Lipinski definition) is 1. The lowest BCUT2D eigenvalue weighted by molar-refractivity contribution is -0.130. The Balaban J connectivity index is 2.23. The molecule has 1 aromatic rings. The fourth-order valence-corrected chi connectivity index (χ4v) is 5.63. The molecule has 0 bridgehead atoms. The van der Waals surface area contributed by atoms with Crippen LogP contribution in [0.5, 0.6) is 0 Å². The molecule has 1 aromatic heterocycles. The lowest BCUT2D eigenvalue weighted by atomic mass is 10.3. The number of hydrogen-bond acceptors (Lipinski definition) is 7. The summed E-state index contributed by atoms with van der Waals surface area (Å²) in [7, 11) is 8.96. The summed E-state index contributed by atoms with van der Waals surface area (Å²) in [5.41, 5.74) is 0. The number of rotatable bonds is 15. The van der Waals surface area contributed by atoms with E-state index in [4.69, 9.17) is 0 Å². The highest BCUT2D eigenvalue weighted by molar-refractivity contribution is 8.77. The molecule has 0 aliphatic rings. The van der Waals surface area contributed by atoms with E-state index in [0.717, 1.165) is 41.8 Å². The number of pyridine rings is 1. The van der Waals surface area contributed by atoms with Gasteiger partial charge >= 0.3 is 0 Å². The van der Waals surface area contributed by atoms with Gasteiger partial charge in [0.25, 0.3) is 0 Å². The van der Waals surface area contributed by atoms with E-state index in [0.29, 0.717) is 6.42 Å². The Morgan fingerprint density at radius 1 is 1.19 bits per heavy atom. The van der Waals surface area contributed by atoms with Gasteiger partial charge in [0.1, 0.15) is 5.03 Å². The Kier molecular flexibility index (Phi) is 15.7. The van der Waals surface area contributed by atoms with Crippen LogP contribution in [-0.2, 0) is 4.79 Å². The third-order valence-electron chi connectivity index (χ3n) is 3.25. The van der Waals surface area contributed by atoms with Crippen LogP contribution in [0.25, 0.3) is 0 Å². The molecular weight excluding hydrogens is 414 g/mol. The zero-order valence-corrected chi connectivity index (χ0v) is 19.3. The predicted molar refractivity (Wildman–Crippen MR) is 126 cm³/mol. The Morgan fingerprint density at radius 2 is 2.00 bits per heavy atom. The topological polar surface area (TPSA) is 45.2 Å². The lowest BCUT2D eigenvalue weighted by Crippen LogP contribution is -2.34. The van der Waals surface area contributed by atoms with E-state index in [1.165, 1.54) is 0 Å². The maximum Gasteiger partial charge on any atom is 0.222 e. The smallest absolute Gasteiger partial charge is 0.222 e. The molecule has 27 heavy (non-hydrogen) atoms. The first kappa shape index (κ1) is 24.3. The van der Waals surface area contributed by atoms with Crippen LogP contribution >= 0.6 is 43.2 Å². The molecular formula is C19H29N3OS4. The summed E-state index contributed by atoms with van der Waals surface area (Å²) >= 11 is 0. The van der Waals surface area contributed by atoms with E-state index in [2.05, 4.69) is 23.3 Å². The van der Waals surface area contributed by atoms with Gasteiger partial charge in [-0.2, -0.15) is 0 Å². The predicted octanol–water partition coefficient (Wildman–Crippen LogP) is 5.12. The van der Waals surface area contributed by atoms with Crippen molar-refractivity contribution in [1.29, 1.82) is 0 Å². The van der Waals surface area contributed by atoms with Gasteiger partial charge < -0.3 is 10.2 Å². The second-order valence-corrected chi connectivity index (χ2v) is 10.4. The Labute approximate surface area is 179 Å². The molecule has 8 heteroatoms. The summed E-state index contributed by atoms with van der Waals surface area (Å²) in [6.07, 6.45) is 11.4. The van der Waals surface area contributed by atoms with E-state index >= 15 is 0 Å². The van der Waals surface area contributed by atoms with Crippen molar-refractivity contribution in [3.8, 4) is 0 Å². The minimum absolute atomic E-state index is 0.267. The van der Waals surface area contributed by atoms with Gasteiger partial charge in [-0.15, -0.1) is 0 Å². The molecule has 1 rings (SSSR count). The van der Waals surface area contributed by atoms with Gasteiger partial charge in [-0.1, -0.05) is 57.5 Å². The van der Waals surface area contributed by atoms with Crippen LogP contribution in [0.15, 0.2) is 53.8 Å². The van der Waals surface area contributed by atoms with Crippen molar-refractivity contribution in [2.45, 2.75) is 24.8 Å². The summed E-state index contributed by atoms with van der Waals surface area (Å²) in [6.45, 7) is 3.67. The first-order valence-electron chi connectivity index (χ1n) is 8.99. The summed E-state index contributed by atoms with van der Waals surface area (Å²) < 4.78 is 0. The third kappa shape index (κ3) is 13.2. The number of nitrogens with zero attached hydrogens (tertiary/aromatic N) is 2. The third-order valence-corrected chi connectivity index (χ3v) is 7.74. The second kappa shape index (κ2) is 17.4. The molecule has 0 aliphatic heterocycles. The molecule has 0 fully saturated rings. The number of aromatic nitrogens is 1. The zero-order valence-electron chi connectivity index (χ0n) is 16.0. The fourth-order valence-electron chi connectivity index (χ4n) is 1.96. The summed E-state index contributed by atoms with van der Waals surface area (Å²) in [5, 5.41) is 3.97. The zero-order chi connectivity index (χ0) is 19.6. The molecule has 1 heterocycles. The van der Waals surface area contributed by atoms with Gasteiger partial charge in [-0.25, -0.2) is 4.98 Å². The summed E-state index contributed by atoms with van der Waals surface area (Å²) in [5.74, 6) is 3.11. The molecule has 0 atom stereocenters. The fraction of sp³-hybridized carbons (Fsp3) is 0.474. The molecule has 0 spiro atoms. The average Bonchev–Trinajstić information content (AvgIpc) is 2.69. The van der Waals surface area contributed by atoms with Crippen LogP contribution in [0.3, 0.4) is 0 Å². The maximum absolute atomic E-state index is 12.3. The second-order valence-electron chi connectivity index (χ2n) is 5.39. The molecule has 0 aliphatic carbocycles. The highest BCUT2D eigenvalue weighted by Crippen LogP contribution is 2.29. The molecule has 0 saturated heterocycles. The number of amides is 1. The minimum atomic E-state index is 0.267. The van der Waals surface area contributed by atoms with Crippen molar-refractivity contribution in [1.82, 2.24) is 15.2 Å². The SMILES string of the molecule is CCCC(=O)N(CCSSC/C=C\C=C/NC)CCSSc1ccccn1. The highest BCUT2D eigenvalue weighted by Gasteiger charge is 2.12.